The van der Waals surface area contributed by atoms with Crippen molar-refractivity contribution in [3.63, 3.8) is 0 Å². The van der Waals surface area contributed by atoms with Gasteiger partial charge in [-0.1, -0.05) is 43.5 Å². The number of anilines is 2. The molecule has 2 aromatic rings. The van der Waals surface area contributed by atoms with Crippen LogP contribution in [-0.4, -0.2) is 57.8 Å². The van der Waals surface area contributed by atoms with Crippen LogP contribution >= 0.6 is 0 Å². The molecule has 30 heavy (non-hydrogen) atoms. The summed E-state index contributed by atoms with van der Waals surface area (Å²) in [6, 6.07) is 11.5. The molecule has 6 nitrogen and oxygen atoms in total. The Kier molecular flexibility index (Phi) is 5.86. The summed E-state index contributed by atoms with van der Waals surface area (Å²) < 4.78 is 0. The Morgan fingerprint density at radius 1 is 0.967 bits per heavy atom. The van der Waals surface area contributed by atoms with Gasteiger partial charge in [0.15, 0.2) is 0 Å². The summed E-state index contributed by atoms with van der Waals surface area (Å²) in [5, 5.41) is 14.6. The Labute approximate surface area is 179 Å². The van der Waals surface area contributed by atoms with E-state index in [1.165, 1.54) is 43.2 Å². The monoisotopic (exact) mass is 407 g/mol. The molecule has 1 saturated carbocycles. The number of fused-ring (bicyclic) bond motifs is 1. The first kappa shape index (κ1) is 19.8. The van der Waals surface area contributed by atoms with Gasteiger partial charge in [0.2, 0.25) is 0 Å². The van der Waals surface area contributed by atoms with Crippen molar-refractivity contribution in [3.05, 3.63) is 47.8 Å². The lowest BCUT2D eigenvalue weighted by atomic mass is 9.94. The van der Waals surface area contributed by atoms with Gasteiger partial charge in [-0.3, -0.25) is 4.90 Å². The fourth-order valence-electron chi connectivity index (χ4n) is 5.41. The molecule has 0 spiro atoms. The second-order valence-electron chi connectivity index (χ2n) is 9.10. The summed E-state index contributed by atoms with van der Waals surface area (Å²) in [5.41, 5.74) is 2.87. The van der Waals surface area contributed by atoms with Gasteiger partial charge in [0.1, 0.15) is 18.0 Å². The van der Waals surface area contributed by atoms with Crippen molar-refractivity contribution in [3.8, 4) is 0 Å². The molecule has 2 fully saturated rings. The molecule has 1 aromatic carbocycles. The first-order valence-electron chi connectivity index (χ1n) is 11.6. The molecule has 0 amide bonds. The highest BCUT2D eigenvalue weighted by Gasteiger charge is 2.34. The number of aliphatic hydroxyl groups excluding tert-OH is 1. The predicted molar refractivity (Wildman–Crippen MR) is 120 cm³/mol. The van der Waals surface area contributed by atoms with Crippen molar-refractivity contribution < 1.29 is 5.11 Å². The second-order valence-corrected chi connectivity index (χ2v) is 9.10. The quantitative estimate of drug-likeness (QED) is 0.811. The van der Waals surface area contributed by atoms with Crippen molar-refractivity contribution in [1.82, 2.24) is 14.9 Å². The zero-order chi connectivity index (χ0) is 20.3. The van der Waals surface area contributed by atoms with Gasteiger partial charge in [-0.2, -0.15) is 0 Å². The lowest BCUT2D eigenvalue weighted by Crippen LogP contribution is -2.55. The Balaban J connectivity index is 1.21. The smallest absolute Gasteiger partial charge is 0.134 e. The zero-order valence-electron chi connectivity index (χ0n) is 17.7. The van der Waals surface area contributed by atoms with Crippen molar-refractivity contribution in [2.75, 3.05) is 29.9 Å². The van der Waals surface area contributed by atoms with E-state index in [-0.39, 0.29) is 12.1 Å². The summed E-state index contributed by atoms with van der Waals surface area (Å²) in [6.45, 7) is 3.52. The SMILES string of the molecule is O[C@@H]1CN(c2cc(NC3CCCCC3)ncn2)CCC1N1CCc2ccccc2C1. The predicted octanol–water partition coefficient (Wildman–Crippen LogP) is 3.22. The Bertz CT molecular complexity index is 853. The summed E-state index contributed by atoms with van der Waals surface area (Å²) in [6.07, 6.45) is 9.72. The number of rotatable bonds is 4. The van der Waals surface area contributed by atoms with E-state index < -0.39 is 0 Å². The van der Waals surface area contributed by atoms with Crippen LogP contribution in [0, 0.1) is 0 Å². The van der Waals surface area contributed by atoms with E-state index in [4.69, 9.17) is 0 Å². The van der Waals surface area contributed by atoms with E-state index in [0.29, 0.717) is 12.6 Å². The maximum Gasteiger partial charge on any atom is 0.134 e. The average molecular weight is 408 g/mol. The number of β-amino-alcohol motifs (C(OH)–C–C–N with tert-alkyl or cyclic N) is 1. The molecular formula is C24H33N5O. The van der Waals surface area contributed by atoms with Crippen LogP contribution in [0.15, 0.2) is 36.7 Å². The third kappa shape index (κ3) is 4.30. The van der Waals surface area contributed by atoms with Gasteiger partial charge in [0.05, 0.1) is 6.10 Å². The first-order valence-corrected chi connectivity index (χ1v) is 11.6. The molecule has 0 bridgehead atoms. The number of piperidine rings is 1. The third-order valence-corrected chi connectivity index (χ3v) is 7.11. The van der Waals surface area contributed by atoms with Crippen LogP contribution in [0.1, 0.15) is 49.7 Å². The summed E-state index contributed by atoms with van der Waals surface area (Å²) in [7, 11) is 0. The molecule has 1 saturated heterocycles. The second kappa shape index (κ2) is 8.90. The summed E-state index contributed by atoms with van der Waals surface area (Å²) in [5.74, 6) is 1.83. The molecule has 1 aromatic heterocycles. The molecule has 1 aliphatic carbocycles. The summed E-state index contributed by atoms with van der Waals surface area (Å²) in [4.78, 5) is 13.6. The van der Waals surface area contributed by atoms with E-state index in [0.717, 1.165) is 44.1 Å². The van der Waals surface area contributed by atoms with Crippen LogP contribution < -0.4 is 10.2 Å². The Morgan fingerprint density at radius 2 is 1.80 bits per heavy atom. The maximum absolute atomic E-state index is 11.0. The summed E-state index contributed by atoms with van der Waals surface area (Å²) >= 11 is 0. The van der Waals surface area contributed by atoms with Gasteiger partial charge >= 0.3 is 0 Å². The highest BCUT2D eigenvalue weighted by atomic mass is 16.3. The molecule has 2 atom stereocenters. The zero-order valence-corrected chi connectivity index (χ0v) is 17.7. The number of hydrogen-bond donors (Lipinski definition) is 2. The van der Waals surface area contributed by atoms with Crippen LogP contribution in [0.5, 0.6) is 0 Å². The molecule has 2 N–H and O–H groups in total. The molecular weight excluding hydrogens is 374 g/mol. The number of nitrogens with zero attached hydrogens (tertiary/aromatic N) is 4. The number of aromatic nitrogens is 2. The van der Waals surface area contributed by atoms with Crippen LogP contribution in [-0.2, 0) is 13.0 Å². The highest BCUT2D eigenvalue weighted by Crippen LogP contribution is 2.28. The molecule has 160 valence electrons. The number of benzene rings is 1. The molecule has 3 heterocycles. The van der Waals surface area contributed by atoms with Gasteiger partial charge in [-0.25, -0.2) is 9.97 Å². The largest absolute Gasteiger partial charge is 0.390 e. The Morgan fingerprint density at radius 3 is 2.63 bits per heavy atom. The van der Waals surface area contributed by atoms with E-state index in [9.17, 15) is 5.11 Å². The topological polar surface area (TPSA) is 64.5 Å². The number of hydrogen-bond acceptors (Lipinski definition) is 6. The lowest BCUT2D eigenvalue weighted by Gasteiger charge is -2.43. The maximum atomic E-state index is 11.0. The van der Waals surface area contributed by atoms with Crippen LogP contribution in [0.4, 0.5) is 11.6 Å². The fourth-order valence-corrected chi connectivity index (χ4v) is 5.41. The molecule has 2 aliphatic heterocycles. The van der Waals surface area contributed by atoms with Crippen molar-refractivity contribution in [2.45, 2.75) is 69.7 Å². The molecule has 5 rings (SSSR count). The van der Waals surface area contributed by atoms with E-state index in [2.05, 4.69) is 55.4 Å². The number of nitrogens with one attached hydrogen (secondary N) is 1. The third-order valence-electron chi connectivity index (χ3n) is 7.11. The minimum Gasteiger partial charge on any atom is -0.390 e. The minimum atomic E-state index is -0.367. The Hall–Kier alpha value is -2.18. The normalized spacial score (nSPS) is 25.7. The molecule has 3 aliphatic rings. The van der Waals surface area contributed by atoms with Crippen molar-refractivity contribution in [2.24, 2.45) is 0 Å². The van der Waals surface area contributed by atoms with Gasteiger partial charge in [-0.15, -0.1) is 0 Å². The minimum absolute atomic E-state index is 0.219. The van der Waals surface area contributed by atoms with E-state index in [1.807, 2.05) is 0 Å². The standard InChI is InChI=1S/C24H33N5O/c30-22-16-29(24-14-23(25-17-26-24)27-20-8-2-1-3-9-20)13-11-21(22)28-12-10-18-6-4-5-7-19(18)15-28/h4-7,14,17,20-22,30H,1-3,8-13,15-16H2,(H,25,26,27)/t21?,22-/m1/s1. The van der Waals surface area contributed by atoms with Crippen molar-refractivity contribution >= 4 is 11.6 Å². The van der Waals surface area contributed by atoms with Gasteiger partial charge in [-0.05, 0) is 36.8 Å². The van der Waals surface area contributed by atoms with Crippen LogP contribution in [0.25, 0.3) is 0 Å². The van der Waals surface area contributed by atoms with E-state index >= 15 is 0 Å². The van der Waals surface area contributed by atoms with Crippen molar-refractivity contribution in [1.29, 1.82) is 0 Å². The fraction of sp³-hybridized carbons (Fsp3) is 0.583. The van der Waals surface area contributed by atoms with Crippen LogP contribution in [0.2, 0.25) is 0 Å². The average Bonchev–Trinajstić information content (AvgIpc) is 2.79. The van der Waals surface area contributed by atoms with Crippen LogP contribution in [0.3, 0.4) is 0 Å². The molecule has 6 heteroatoms. The van der Waals surface area contributed by atoms with Gasteiger partial charge in [0, 0.05) is 44.3 Å². The molecule has 0 radical (unpaired) electrons. The van der Waals surface area contributed by atoms with Gasteiger partial charge in [0.25, 0.3) is 0 Å². The highest BCUT2D eigenvalue weighted by molar-refractivity contribution is 5.49. The van der Waals surface area contributed by atoms with E-state index in [1.54, 1.807) is 6.33 Å². The van der Waals surface area contributed by atoms with Gasteiger partial charge < -0.3 is 15.3 Å². The molecule has 1 unspecified atom stereocenters. The number of aliphatic hydroxyl groups is 1. The first-order chi connectivity index (χ1) is 14.8. The lowest BCUT2D eigenvalue weighted by molar-refractivity contribution is 0.0293.